The molecule has 3 rings (SSSR count). The van der Waals surface area contributed by atoms with Crippen molar-refractivity contribution in [3.05, 3.63) is 5.89 Å². The molecule has 5 heteroatoms. The first-order chi connectivity index (χ1) is 6.68. The number of nitrogens with zero attached hydrogens (tertiary/aromatic N) is 2. The maximum absolute atomic E-state index is 5.43. The molecule has 2 saturated heterocycles. The van der Waals surface area contributed by atoms with E-state index in [4.69, 9.17) is 4.52 Å². The van der Waals surface area contributed by atoms with Crippen LogP contribution in [0, 0.1) is 0 Å². The summed E-state index contributed by atoms with van der Waals surface area (Å²) in [6.45, 7) is 4.53. The SMILES string of the molecule is CC(C)(c1nc([SiH]2CC2)no1)C1C[SiH2]1. The van der Waals surface area contributed by atoms with Crippen molar-refractivity contribution >= 4 is 23.8 Å². The fourth-order valence-electron chi connectivity index (χ4n) is 1.98. The van der Waals surface area contributed by atoms with Gasteiger partial charge in [-0.1, -0.05) is 37.1 Å². The summed E-state index contributed by atoms with van der Waals surface area (Å²) in [4.78, 5) is 4.61. The summed E-state index contributed by atoms with van der Waals surface area (Å²) in [5.41, 5.74) is 2.19. The molecule has 0 spiro atoms. The van der Waals surface area contributed by atoms with E-state index >= 15 is 0 Å². The molecular weight excluding hydrogens is 208 g/mol. The topological polar surface area (TPSA) is 38.9 Å². The fourth-order valence-corrected chi connectivity index (χ4v) is 5.45. The van der Waals surface area contributed by atoms with Crippen molar-refractivity contribution < 1.29 is 4.52 Å². The Kier molecular flexibility index (Phi) is 1.76. The summed E-state index contributed by atoms with van der Waals surface area (Å²) in [7, 11) is -0.424. The van der Waals surface area contributed by atoms with Crippen molar-refractivity contribution in [1.82, 2.24) is 10.1 Å². The zero-order valence-corrected chi connectivity index (χ0v) is 11.4. The van der Waals surface area contributed by atoms with Crippen LogP contribution in [-0.2, 0) is 5.41 Å². The summed E-state index contributed by atoms with van der Waals surface area (Å²) < 4.78 is 5.43. The van der Waals surface area contributed by atoms with Gasteiger partial charge in [-0.15, -0.1) is 0 Å². The molecule has 0 radical (unpaired) electrons. The molecule has 0 saturated carbocycles. The summed E-state index contributed by atoms with van der Waals surface area (Å²) in [5, 5.41) is 4.15. The van der Waals surface area contributed by atoms with Crippen molar-refractivity contribution in [2.24, 2.45) is 0 Å². The lowest BCUT2D eigenvalue weighted by atomic mass is 9.90. The van der Waals surface area contributed by atoms with Gasteiger partial charge >= 0.3 is 0 Å². The Morgan fingerprint density at radius 2 is 2.21 bits per heavy atom. The van der Waals surface area contributed by atoms with Crippen LogP contribution in [0.4, 0.5) is 0 Å². The van der Waals surface area contributed by atoms with Crippen LogP contribution in [0.15, 0.2) is 4.52 Å². The molecule has 14 heavy (non-hydrogen) atoms. The Hall–Kier alpha value is -0.426. The highest BCUT2D eigenvalue weighted by Crippen LogP contribution is 2.46. The molecule has 3 heterocycles. The normalized spacial score (nSPS) is 28.3. The molecule has 1 aromatic rings. The van der Waals surface area contributed by atoms with E-state index < -0.39 is 8.80 Å². The van der Waals surface area contributed by atoms with Gasteiger partial charge < -0.3 is 4.52 Å². The lowest BCUT2D eigenvalue weighted by Gasteiger charge is -2.18. The van der Waals surface area contributed by atoms with Crippen LogP contribution in [0.1, 0.15) is 19.7 Å². The molecular formula is C9H16N2OSi2. The molecule has 2 aliphatic heterocycles. The Morgan fingerprint density at radius 3 is 2.79 bits per heavy atom. The van der Waals surface area contributed by atoms with E-state index in [9.17, 15) is 0 Å². The van der Waals surface area contributed by atoms with Gasteiger partial charge in [0.05, 0.1) is 0 Å². The van der Waals surface area contributed by atoms with Crippen molar-refractivity contribution in [2.75, 3.05) is 0 Å². The molecule has 76 valence electrons. The third-order valence-corrected chi connectivity index (χ3v) is 7.83. The standard InChI is InChI=1S/C9H16N2OSi2/c1-9(2,6-5-13-6)7-10-8(11-12-7)14-3-4-14/h6,14H,3-5,13H2,1-2H3. The molecule has 0 N–H and O–H groups in total. The quantitative estimate of drug-likeness (QED) is 0.688. The number of hydrogen-bond donors (Lipinski definition) is 0. The van der Waals surface area contributed by atoms with Crippen LogP contribution in [-0.4, -0.2) is 28.5 Å². The molecule has 1 atom stereocenters. The van der Waals surface area contributed by atoms with Gasteiger partial charge in [0.25, 0.3) is 0 Å². The van der Waals surface area contributed by atoms with E-state index in [0.29, 0.717) is 0 Å². The van der Waals surface area contributed by atoms with E-state index in [-0.39, 0.29) is 14.9 Å². The van der Waals surface area contributed by atoms with Crippen LogP contribution in [0.25, 0.3) is 0 Å². The number of hydrogen-bond acceptors (Lipinski definition) is 3. The first kappa shape index (κ1) is 8.85. The minimum atomic E-state index is -0.645. The average molecular weight is 224 g/mol. The Balaban J connectivity index is 1.87. The monoisotopic (exact) mass is 224 g/mol. The van der Waals surface area contributed by atoms with Gasteiger partial charge in [-0.25, -0.2) is 4.98 Å². The molecule has 0 aromatic carbocycles. The molecule has 0 amide bonds. The molecule has 3 nitrogen and oxygen atoms in total. The number of rotatable bonds is 3. The molecule has 1 aromatic heterocycles. The minimum Gasteiger partial charge on any atom is -0.339 e. The smallest absolute Gasteiger partial charge is 0.231 e. The van der Waals surface area contributed by atoms with Gasteiger partial charge in [-0.2, -0.15) is 0 Å². The largest absolute Gasteiger partial charge is 0.339 e. The molecule has 0 bridgehead atoms. The third-order valence-electron chi connectivity index (χ3n) is 3.53. The predicted octanol–water partition coefficient (Wildman–Crippen LogP) is 0.184. The highest BCUT2D eigenvalue weighted by Gasteiger charge is 2.44. The van der Waals surface area contributed by atoms with Crippen LogP contribution >= 0.6 is 0 Å². The summed E-state index contributed by atoms with van der Waals surface area (Å²) in [5.74, 6) is 0.918. The van der Waals surface area contributed by atoms with Crippen molar-refractivity contribution in [3.63, 3.8) is 0 Å². The van der Waals surface area contributed by atoms with Crippen molar-refractivity contribution in [1.29, 1.82) is 0 Å². The Labute approximate surface area is 87.7 Å². The molecule has 2 fully saturated rings. The molecule has 1 unspecified atom stereocenters. The zero-order chi connectivity index (χ0) is 9.76. The fraction of sp³-hybridized carbons (Fsp3) is 0.778. The van der Waals surface area contributed by atoms with Crippen molar-refractivity contribution in [2.45, 2.75) is 42.9 Å². The first-order valence-electron chi connectivity index (χ1n) is 5.52. The van der Waals surface area contributed by atoms with Crippen LogP contribution < -0.4 is 5.45 Å². The maximum atomic E-state index is 5.43. The van der Waals surface area contributed by atoms with E-state index in [1.54, 1.807) is 0 Å². The number of aromatic nitrogens is 2. The van der Waals surface area contributed by atoms with Gasteiger partial charge in [-0.3, -0.25) is 0 Å². The zero-order valence-electron chi connectivity index (χ0n) is 8.79. The molecule has 0 aliphatic carbocycles. The van der Waals surface area contributed by atoms with Gasteiger partial charge in [0.15, 0.2) is 0 Å². The van der Waals surface area contributed by atoms with E-state index in [0.717, 1.165) is 16.9 Å². The third kappa shape index (κ3) is 1.38. The first-order valence-corrected chi connectivity index (χ1v) is 9.54. The second-order valence-corrected chi connectivity index (χ2v) is 10.4. The van der Waals surface area contributed by atoms with Crippen LogP contribution in [0.2, 0.25) is 23.7 Å². The van der Waals surface area contributed by atoms with Gasteiger partial charge in [0.1, 0.15) is 14.2 Å². The highest BCUT2D eigenvalue weighted by molar-refractivity contribution is 6.80. The van der Waals surface area contributed by atoms with Gasteiger partial charge in [-0.05, 0) is 5.54 Å². The minimum absolute atomic E-state index is 0.181. The average Bonchev–Trinajstić information content (AvgIpc) is 3.02. The summed E-state index contributed by atoms with van der Waals surface area (Å²) >= 11 is 0. The lowest BCUT2D eigenvalue weighted by molar-refractivity contribution is 0.310. The lowest BCUT2D eigenvalue weighted by Crippen LogP contribution is -2.23. The molecule has 2 aliphatic rings. The summed E-state index contributed by atoms with van der Waals surface area (Å²) in [6, 6.07) is 4.24. The van der Waals surface area contributed by atoms with Gasteiger partial charge in [0, 0.05) is 14.9 Å². The predicted molar refractivity (Wildman–Crippen MR) is 60.8 cm³/mol. The Morgan fingerprint density at radius 1 is 1.50 bits per heavy atom. The maximum Gasteiger partial charge on any atom is 0.231 e. The van der Waals surface area contributed by atoms with E-state index in [1.165, 1.54) is 18.1 Å². The highest BCUT2D eigenvalue weighted by atomic mass is 28.3. The van der Waals surface area contributed by atoms with Crippen LogP contribution in [0.3, 0.4) is 0 Å². The van der Waals surface area contributed by atoms with E-state index in [1.807, 2.05) is 0 Å². The van der Waals surface area contributed by atoms with Crippen molar-refractivity contribution in [3.8, 4) is 0 Å². The second-order valence-electron chi connectivity index (χ2n) is 5.23. The van der Waals surface area contributed by atoms with E-state index in [2.05, 4.69) is 24.0 Å². The Bertz CT molecular complexity index is 355. The van der Waals surface area contributed by atoms with Gasteiger partial charge in [0.2, 0.25) is 5.89 Å². The van der Waals surface area contributed by atoms with Crippen LogP contribution in [0.5, 0.6) is 0 Å². The summed E-state index contributed by atoms with van der Waals surface area (Å²) in [6.07, 6.45) is 0. The second kappa shape index (κ2) is 2.79.